The highest BCUT2D eigenvalue weighted by molar-refractivity contribution is 8.14. The molecule has 0 amide bonds. The molecule has 1 aromatic carbocycles. The Kier molecular flexibility index (Phi) is 6.98. The Bertz CT molecular complexity index is 719. The van der Waals surface area contributed by atoms with Crippen molar-refractivity contribution in [1.82, 2.24) is 0 Å². The lowest BCUT2D eigenvalue weighted by Gasteiger charge is -2.29. The van der Waals surface area contributed by atoms with Crippen molar-refractivity contribution in [1.29, 1.82) is 0 Å². The van der Waals surface area contributed by atoms with Crippen LogP contribution in [0.25, 0.3) is 0 Å². The van der Waals surface area contributed by atoms with Crippen molar-refractivity contribution < 1.29 is 19.1 Å². The van der Waals surface area contributed by atoms with Crippen LogP contribution in [0.4, 0.5) is 5.69 Å². The number of esters is 1. The number of thioether (sulfide) groups is 1. The largest absolute Gasteiger partial charge is 0.497 e. The number of anilines is 1. The highest BCUT2D eigenvalue weighted by Gasteiger charge is 2.37. The molecule has 6 heteroatoms. The molecule has 1 aliphatic rings. The number of methoxy groups -OCH3 is 1. The first kappa shape index (κ1) is 21.4. The van der Waals surface area contributed by atoms with E-state index >= 15 is 0 Å². The third-order valence-electron chi connectivity index (χ3n) is 4.19. The van der Waals surface area contributed by atoms with Crippen molar-refractivity contribution in [2.45, 2.75) is 58.2 Å². The molecule has 1 heterocycles. The zero-order valence-corrected chi connectivity index (χ0v) is 17.8. The van der Waals surface area contributed by atoms with Crippen LogP contribution in [-0.4, -0.2) is 35.6 Å². The zero-order valence-electron chi connectivity index (χ0n) is 17.0. The number of hydrogen-bond acceptors (Lipinski definition) is 6. The summed E-state index contributed by atoms with van der Waals surface area (Å²) in [5.74, 6) is 0.400. The lowest BCUT2D eigenvalue weighted by molar-refractivity contribution is -0.138. The van der Waals surface area contributed by atoms with Crippen molar-refractivity contribution in [3.8, 4) is 5.75 Å². The normalized spacial score (nSPS) is 17.3. The molecule has 0 fully saturated rings. The molecular formula is C21H29NO4S. The van der Waals surface area contributed by atoms with Crippen LogP contribution in [0.3, 0.4) is 0 Å². The fraction of sp³-hybridized carbons (Fsp3) is 0.524. The van der Waals surface area contributed by atoms with E-state index in [1.54, 1.807) is 14.0 Å². The molecule has 148 valence electrons. The van der Waals surface area contributed by atoms with E-state index in [0.717, 1.165) is 17.0 Å². The molecule has 1 unspecified atom stereocenters. The van der Waals surface area contributed by atoms with Crippen LogP contribution in [0.15, 0.2) is 35.5 Å². The van der Waals surface area contributed by atoms with Crippen molar-refractivity contribution in [3.63, 3.8) is 0 Å². The Morgan fingerprint density at radius 3 is 2.37 bits per heavy atom. The second kappa shape index (κ2) is 8.83. The average molecular weight is 392 g/mol. The van der Waals surface area contributed by atoms with Crippen molar-refractivity contribution in [2.75, 3.05) is 18.6 Å². The summed E-state index contributed by atoms with van der Waals surface area (Å²) in [6.07, 6.45) is 1.03. The molecule has 0 bridgehead atoms. The van der Waals surface area contributed by atoms with Crippen LogP contribution in [0, 0.1) is 0 Å². The Morgan fingerprint density at radius 2 is 1.85 bits per heavy atom. The molecule has 0 saturated carbocycles. The molecule has 0 radical (unpaired) electrons. The lowest BCUT2D eigenvalue weighted by atomic mass is 10.1. The lowest BCUT2D eigenvalue weighted by Crippen LogP contribution is -2.35. The molecule has 0 aliphatic carbocycles. The van der Waals surface area contributed by atoms with E-state index in [0.29, 0.717) is 25.1 Å². The Morgan fingerprint density at radius 1 is 1.22 bits per heavy atom. The summed E-state index contributed by atoms with van der Waals surface area (Å²) in [5, 5.41) is 0.129. The number of nitrogens with zero attached hydrogens (tertiary/aromatic N) is 1. The summed E-state index contributed by atoms with van der Waals surface area (Å²) in [6.45, 7) is 10.1. The van der Waals surface area contributed by atoms with E-state index in [1.807, 2.05) is 56.9 Å². The minimum atomic E-state index is -0.343. The molecule has 5 nitrogen and oxygen atoms in total. The van der Waals surface area contributed by atoms with Crippen molar-refractivity contribution in [2.24, 2.45) is 0 Å². The quantitative estimate of drug-likeness (QED) is 0.663. The van der Waals surface area contributed by atoms with Gasteiger partial charge < -0.3 is 14.4 Å². The van der Waals surface area contributed by atoms with Crippen LogP contribution >= 0.6 is 11.8 Å². The summed E-state index contributed by atoms with van der Waals surface area (Å²) in [7, 11) is 1.62. The Hall–Kier alpha value is -1.95. The number of carbonyl (C=O) groups is 2. The van der Waals surface area contributed by atoms with Crippen LogP contribution in [0.1, 0.15) is 47.5 Å². The van der Waals surface area contributed by atoms with Crippen LogP contribution in [-0.2, 0) is 14.3 Å². The van der Waals surface area contributed by atoms with Crippen LogP contribution in [0.2, 0.25) is 0 Å². The summed E-state index contributed by atoms with van der Waals surface area (Å²) in [4.78, 5) is 27.1. The van der Waals surface area contributed by atoms with Gasteiger partial charge in [-0.25, -0.2) is 4.79 Å². The van der Waals surface area contributed by atoms with E-state index in [9.17, 15) is 9.59 Å². The van der Waals surface area contributed by atoms with E-state index in [1.165, 1.54) is 11.8 Å². The van der Waals surface area contributed by atoms with Gasteiger partial charge in [-0.2, -0.15) is 0 Å². The maximum absolute atomic E-state index is 12.6. The predicted molar refractivity (Wildman–Crippen MR) is 110 cm³/mol. The first-order valence-electron chi connectivity index (χ1n) is 9.18. The van der Waals surface area contributed by atoms with Gasteiger partial charge in [0.15, 0.2) is 5.12 Å². The summed E-state index contributed by atoms with van der Waals surface area (Å²) < 4.78 is 10.4. The maximum Gasteiger partial charge on any atom is 0.354 e. The fourth-order valence-corrected chi connectivity index (χ4v) is 4.18. The molecule has 0 saturated heterocycles. The van der Waals surface area contributed by atoms with Gasteiger partial charge in [0.1, 0.15) is 11.4 Å². The van der Waals surface area contributed by atoms with Crippen molar-refractivity contribution in [3.05, 3.63) is 35.5 Å². The first-order chi connectivity index (χ1) is 12.7. The van der Waals surface area contributed by atoms with Gasteiger partial charge in [0.25, 0.3) is 0 Å². The highest BCUT2D eigenvalue weighted by Crippen LogP contribution is 2.38. The Labute approximate surface area is 166 Å². The zero-order chi connectivity index (χ0) is 20.2. The van der Waals surface area contributed by atoms with E-state index in [2.05, 4.69) is 0 Å². The second-order valence-corrected chi connectivity index (χ2v) is 9.45. The monoisotopic (exact) mass is 391 g/mol. The Balaban J connectivity index is 2.33. The highest BCUT2D eigenvalue weighted by atomic mass is 32.2. The number of ether oxygens (including phenoxy) is 2. The number of benzene rings is 1. The molecule has 0 aromatic heterocycles. The number of hydrogen-bond donors (Lipinski definition) is 0. The maximum atomic E-state index is 12.6. The van der Waals surface area contributed by atoms with Gasteiger partial charge >= 0.3 is 5.97 Å². The van der Waals surface area contributed by atoms with Crippen LogP contribution in [0.5, 0.6) is 5.75 Å². The molecule has 1 aromatic rings. The first-order valence-corrected chi connectivity index (χ1v) is 10.00. The summed E-state index contributed by atoms with van der Waals surface area (Å²) in [5.41, 5.74) is 2.35. The smallest absolute Gasteiger partial charge is 0.354 e. The number of rotatable bonds is 6. The van der Waals surface area contributed by atoms with E-state index in [-0.39, 0.29) is 21.9 Å². The predicted octanol–water partition coefficient (Wildman–Crippen LogP) is 4.56. The molecule has 27 heavy (non-hydrogen) atoms. The molecular weight excluding hydrogens is 362 g/mol. The third-order valence-corrected chi connectivity index (χ3v) is 5.20. The van der Waals surface area contributed by atoms with Gasteiger partial charge in [0.2, 0.25) is 0 Å². The fourth-order valence-electron chi connectivity index (χ4n) is 3.22. The third kappa shape index (κ3) is 5.51. The molecule has 0 N–H and O–H groups in total. The topological polar surface area (TPSA) is 55.8 Å². The van der Waals surface area contributed by atoms with Gasteiger partial charge in [-0.1, -0.05) is 32.5 Å². The van der Waals surface area contributed by atoms with Crippen LogP contribution < -0.4 is 9.64 Å². The molecule has 2 rings (SSSR count). The minimum absolute atomic E-state index is 0.0971. The SMILES string of the molecule is CCOC(=O)C1=C(C)CC(CC(=O)SC(C)(C)C)N1c1ccc(OC)cc1. The second-order valence-electron chi connectivity index (χ2n) is 7.57. The molecule has 1 aliphatic heterocycles. The number of carbonyl (C=O) groups excluding carboxylic acids is 2. The van der Waals surface area contributed by atoms with E-state index in [4.69, 9.17) is 9.47 Å². The van der Waals surface area contributed by atoms with Gasteiger partial charge in [0.05, 0.1) is 13.7 Å². The summed E-state index contributed by atoms with van der Waals surface area (Å²) >= 11 is 1.35. The van der Waals surface area contributed by atoms with E-state index < -0.39 is 0 Å². The summed E-state index contributed by atoms with van der Waals surface area (Å²) in [6, 6.07) is 7.43. The molecule has 0 spiro atoms. The molecule has 1 atom stereocenters. The van der Waals surface area contributed by atoms with Crippen molar-refractivity contribution >= 4 is 28.5 Å². The van der Waals surface area contributed by atoms with Gasteiger partial charge in [0, 0.05) is 22.9 Å². The average Bonchev–Trinajstić information content (AvgIpc) is 2.89. The standard InChI is InChI=1S/C21H29NO4S/c1-7-26-20(24)19-14(2)12-16(13-18(23)27-21(3,4)5)22(19)15-8-10-17(25-6)11-9-15/h8-11,16H,7,12-13H2,1-6H3. The van der Waals surface area contributed by atoms with Gasteiger partial charge in [-0.05, 0) is 50.1 Å². The van der Waals surface area contributed by atoms with Gasteiger partial charge in [-0.3, -0.25) is 4.79 Å². The minimum Gasteiger partial charge on any atom is -0.497 e. The van der Waals surface area contributed by atoms with Gasteiger partial charge in [-0.15, -0.1) is 0 Å².